The van der Waals surface area contributed by atoms with Crippen LogP contribution in [0, 0.1) is 5.82 Å². The first-order chi connectivity index (χ1) is 14.6. The lowest BCUT2D eigenvalue weighted by atomic mass is 10.0. The fourth-order valence-corrected chi connectivity index (χ4v) is 3.82. The van der Waals surface area contributed by atoms with Crippen molar-refractivity contribution in [3.05, 3.63) is 66.0 Å². The van der Waals surface area contributed by atoms with Crippen LogP contribution >= 0.6 is 0 Å². The maximum absolute atomic E-state index is 13.3. The third kappa shape index (κ3) is 5.43. The summed E-state index contributed by atoms with van der Waals surface area (Å²) in [6.45, 7) is 3.03. The number of amides is 2. The highest BCUT2D eigenvalue weighted by Gasteiger charge is 2.33. The maximum Gasteiger partial charge on any atom is 0.242 e. The number of rotatable bonds is 7. The van der Waals surface area contributed by atoms with Gasteiger partial charge in [-0.2, -0.15) is 0 Å². The highest BCUT2D eigenvalue weighted by atomic mass is 19.1. The molecule has 1 atom stereocenters. The molecule has 2 aromatic rings. The standard InChI is InChI=1S/C23H27FN4O2/c24-18-7-4-8-20(15-18)25-21(29)16-27-11-13-28(14-12-27)22(17-5-2-1-3-6-17)23(30)26-19-9-10-19/h1-8,15,19,22H,9-14,16H2,(H,25,29)(H,26,30)/t22-/m1/s1. The van der Waals surface area contributed by atoms with E-state index < -0.39 is 0 Å². The van der Waals surface area contributed by atoms with Gasteiger partial charge in [0.1, 0.15) is 11.9 Å². The number of benzene rings is 2. The Hall–Kier alpha value is -2.77. The summed E-state index contributed by atoms with van der Waals surface area (Å²) in [4.78, 5) is 29.5. The van der Waals surface area contributed by atoms with E-state index in [4.69, 9.17) is 0 Å². The monoisotopic (exact) mass is 410 g/mol. The van der Waals surface area contributed by atoms with Crippen LogP contribution in [0.3, 0.4) is 0 Å². The van der Waals surface area contributed by atoms with Gasteiger partial charge in [-0.3, -0.25) is 19.4 Å². The lowest BCUT2D eigenvalue weighted by molar-refractivity contribution is -0.128. The van der Waals surface area contributed by atoms with Crippen LogP contribution < -0.4 is 10.6 Å². The number of carbonyl (C=O) groups excluding carboxylic acids is 2. The van der Waals surface area contributed by atoms with Crippen LogP contribution in [-0.2, 0) is 9.59 Å². The molecule has 30 heavy (non-hydrogen) atoms. The van der Waals surface area contributed by atoms with E-state index in [9.17, 15) is 14.0 Å². The SMILES string of the molecule is O=C(CN1CCN([C@@H](C(=O)NC2CC2)c2ccccc2)CC1)Nc1cccc(F)c1. The molecule has 2 amide bonds. The Kier molecular flexibility index (Phi) is 6.40. The molecule has 1 saturated heterocycles. The number of halogens is 1. The molecule has 158 valence electrons. The lowest BCUT2D eigenvalue weighted by Gasteiger charge is -2.38. The third-order valence-corrected chi connectivity index (χ3v) is 5.54. The lowest BCUT2D eigenvalue weighted by Crippen LogP contribution is -2.52. The van der Waals surface area contributed by atoms with E-state index >= 15 is 0 Å². The molecule has 0 spiro atoms. The molecule has 1 aliphatic heterocycles. The summed E-state index contributed by atoms with van der Waals surface area (Å²) in [6.07, 6.45) is 2.11. The van der Waals surface area contributed by atoms with Gasteiger partial charge in [-0.25, -0.2) is 4.39 Å². The van der Waals surface area contributed by atoms with E-state index in [-0.39, 0.29) is 30.2 Å². The van der Waals surface area contributed by atoms with Gasteiger partial charge >= 0.3 is 0 Å². The van der Waals surface area contributed by atoms with Crippen molar-refractivity contribution in [2.75, 3.05) is 38.0 Å². The fourth-order valence-electron chi connectivity index (χ4n) is 3.82. The summed E-state index contributed by atoms with van der Waals surface area (Å²) in [5.74, 6) is -0.487. The Bertz CT molecular complexity index is 880. The number of anilines is 1. The van der Waals surface area contributed by atoms with E-state index in [1.807, 2.05) is 30.3 Å². The Labute approximate surface area is 176 Å². The topological polar surface area (TPSA) is 64.7 Å². The van der Waals surface area contributed by atoms with Crippen molar-refractivity contribution in [3.63, 3.8) is 0 Å². The molecule has 0 aromatic heterocycles. The highest BCUT2D eigenvalue weighted by molar-refractivity contribution is 5.92. The zero-order valence-electron chi connectivity index (χ0n) is 16.9. The van der Waals surface area contributed by atoms with Crippen LogP contribution in [0.2, 0.25) is 0 Å². The number of nitrogens with zero attached hydrogens (tertiary/aromatic N) is 2. The van der Waals surface area contributed by atoms with Crippen molar-refractivity contribution in [2.45, 2.75) is 24.9 Å². The van der Waals surface area contributed by atoms with Gasteiger partial charge < -0.3 is 10.6 Å². The summed E-state index contributed by atoms with van der Waals surface area (Å²) < 4.78 is 13.3. The predicted octanol–water partition coefficient (Wildman–Crippen LogP) is 2.40. The van der Waals surface area contributed by atoms with E-state index in [1.54, 1.807) is 12.1 Å². The van der Waals surface area contributed by atoms with Crippen LogP contribution in [0.15, 0.2) is 54.6 Å². The second kappa shape index (κ2) is 9.36. The van der Waals surface area contributed by atoms with Crippen molar-refractivity contribution in [2.24, 2.45) is 0 Å². The predicted molar refractivity (Wildman–Crippen MR) is 113 cm³/mol. The third-order valence-electron chi connectivity index (χ3n) is 5.54. The van der Waals surface area contributed by atoms with Gasteiger partial charge in [0.05, 0.1) is 6.54 Å². The van der Waals surface area contributed by atoms with Crippen molar-refractivity contribution >= 4 is 17.5 Å². The maximum atomic E-state index is 13.3. The minimum Gasteiger partial charge on any atom is -0.352 e. The second-order valence-corrected chi connectivity index (χ2v) is 7.97. The summed E-state index contributed by atoms with van der Waals surface area (Å²) in [5.41, 5.74) is 1.45. The molecule has 1 aliphatic carbocycles. The van der Waals surface area contributed by atoms with Gasteiger partial charge in [-0.05, 0) is 36.6 Å². The molecule has 1 heterocycles. The van der Waals surface area contributed by atoms with E-state index in [1.165, 1.54) is 12.1 Å². The van der Waals surface area contributed by atoms with Gasteiger partial charge in [-0.15, -0.1) is 0 Å². The second-order valence-electron chi connectivity index (χ2n) is 7.97. The van der Waals surface area contributed by atoms with Crippen LogP contribution in [0.5, 0.6) is 0 Å². The minimum atomic E-state index is -0.377. The summed E-state index contributed by atoms with van der Waals surface area (Å²) in [5, 5.41) is 5.87. The first-order valence-corrected chi connectivity index (χ1v) is 10.5. The zero-order chi connectivity index (χ0) is 20.9. The van der Waals surface area contributed by atoms with E-state index in [0.717, 1.165) is 18.4 Å². The molecule has 0 radical (unpaired) electrons. The molecular formula is C23H27FN4O2. The van der Waals surface area contributed by atoms with Crippen LogP contribution in [0.25, 0.3) is 0 Å². The molecule has 2 fully saturated rings. The molecule has 2 aliphatic rings. The van der Waals surface area contributed by atoms with Gasteiger partial charge in [0, 0.05) is 37.9 Å². The Morgan fingerprint density at radius 2 is 1.73 bits per heavy atom. The van der Waals surface area contributed by atoms with Crippen molar-refractivity contribution < 1.29 is 14.0 Å². The van der Waals surface area contributed by atoms with Crippen molar-refractivity contribution in [3.8, 4) is 0 Å². The normalized spacial score (nSPS) is 18.6. The largest absolute Gasteiger partial charge is 0.352 e. The van der Waals surface area contributed by atoms with Gasteiger partial charge in [0.15, 0.2) is 0 Å². The van der Waals surface area contributed by atoms with Crippen LogP contribution in [0.1, 0.15) is 24.4 Å². The fraction of sp³-hybridized carbons (Fsp3) is 0.391. The molecule has 4 rings (SSSR count). The summed E-state index contributed by atoms with van der Waals surface area (Å²) in [6, 6.07) is 15.8. The molecule has 6 nitrogen and oxygen atoms in total. The summed E-state index contributed by atoms with van der Waals surface area (Å²) >= 11 is 0. The average Bonchev–Trinajstić information content (AvgIpc) is 3.54. The average molecular weight is 410 g/mol. The summed E-state index contributed by atoms with van der Waals surface area (Å²) in [7, 11) is 0. The zero-order valence-corrected chi connectivity index (χ0v) is 16.9. The Morgan fingerprint density at radius 3 is 2.40 bits per heavy atom. The molecule has 2 aromatic carbocycles. The van der Waals surface area contributed by atoms with Gasteiger partial charge in [-0.1, -0.05) is 36.4 Å². The minimum absolute atomic E-state index is 0.0565. The number of hydrogen-bond acceptors (Lipinski definition) is 4. The molecule has 1 saturated carbocycles. The van der Waals surface area contributed by atoms with Gasteiger partial charge in [0.25, 0.3) is 0 Å². The van der Waals surface area contributed by atoms with Crippen molar-refractivity contribution in [1.82, 2.24) is 15.1 Å². The Morgan fingerprint density at radius 1 is 1.00 bits per heavy atom. The number of nitrogens with one attached hydrogen (secondary N) is 2. The Balaban J connectivity index is 1.33. The molecule has 0 bridgehead atoms. The number of piperazine rings is 1. The van der Waals surface area contributed by atoms with E-state index in [2.05, 4.69) is 20.4 Å². The molecular weight excluding hydrogens is 383 g/mol. The molecule has 2 N–H and O–H groups in total. The number of hydrogen-bond donors (Lipinski definition) is 2. The van der Waals surface area contributed by atoms with Gasteiger partial charge in [0.2, 0.25) is 11.8 Å². The first kappa shape index (κ1) is 20.5. The smallest absolute Gasteiger partial charge is 0.242 e. The van der Waals surface area contributed by atoms with E-state index in [0.29, 0.717) is 37.9 Å². The van der Waals surface area contributed by atoms with Crippen LogP contribution in [0.4, 0.5) is 10.1 Å². The molecule has 0 unspecified atom stereocenters. The highest BCUT2D eigenvalue weighted by Crippen LogP contribution is 2.26. The first-order valence-electron chi connectivity index (χ1n) is 10.5. The quantitative estimate of drug-likeness (QED) is 0.736. The van der Waals surface area contributed by atoms with Crippen LogP contribution in [-0.4, -0.2) is 60.4 Å². The number of carbonyl (C=O) groups is 2. The van der Waals surface area contributed by atoms with Crippen molar-refractivity contribution in [1.29, 1.82) is 0 Å². The molecule has 7 heteroatoms.